The minimum absolute atomic E-state index is 0.0755. The minimum Gasteiger partial charge on any atom is -0.350 e. The van der Waals surface area contributed by atoms with Crippen LogP contribution in [0.3, 0.4) is 0 Å². The number of carbonyl (C=O) groups excluding carboxylic acids is 1. The summed E-state index contributed by atoms with van der Waals surface area (Å²) in [6, 6.07) is 10.4. The van der Waals surface area contributed by atoms with Gasteiger partial charge in [-0.2, -0.15) is 4.37 Å². The van der Waals surface area contributed by atoms with Gasteiger partial charge < -0.3 is 9.88 Å². The summed E-state index contributed by atoms with van der Waals surface area (Å²) in [6.07, 6.45) is 5.68. The molecule has 0 saturated heterocycles. The van der Waals surface area contributed by atoms with Crippen LogP contribution in [0.15, 0.2) is 36.5 Å². The third kappa shape index (κ3) is 3.79. The maximum Gasteiger partial charge on any atom is 0.225 e. The van der Waals surface area contributed by atoms with E-state index in [4.69, 9.17) is 0 Å². The Balaban J connectivity index is 1.48. The quantitative estimate of drug-likeness (QED) is 0.686. The summed E-state index contributed by atoms with van der Waals surface area (Å²) < 4.78 is 6.33. The van der Waals surface area contributed by atoms with Gasteiger partial charge >= 0.3 is 0 Å². The Morgan fingerprint density at radius 3 is 2.91 bits per heavy atom. The van der Waals surface area contributed by atoms with Gasteiger partial charge in [-0.1, -0.05) is 18.2 Å². The van der Waals surface area contributed by atoms with E-state index >= 15 is 0 Å². The molecule has 0 saturated carbocycles. The predicted molar refractivity (Wildman–Crippen MR) is 96.0 cm³/mol. The number of nitrogens with one attached hydrogen (secondary N) is 1. The molecule has 0 spiro atoms. The first-order valence-corrected chi connectivity index (χ1v) is 8.67. The molecule has 120 valence electrons. The number of unbranched alkanes of at least 4 members (excludes halogenated alkanes) is 1. The molecule has 0 aliphatic heterocycles. The van der Waals surface area contributed by atoms with Gasteiger partial charge in [0.25, 0.3) is 0 Å². The van der Waals surface area contributed by atoms with E-state index < -0.39 is 0 Å². The number of para-hydroxylation sites is 1. The Morgan fingerprint density at radius 1 is 1.30 bits per heavy atom. The number of nitrogens with zero attached hydrogens (tertiary/aromatic N) is 2. The first kappa shape index (κ1) is 15.7. The van der Waals surface area contributed by atoms with Crippen molar-refractivity contribution in [1.82, 2.24) is 8.94 Å². The van der Waals surface area contributed by atoms with E-state index in [-0.39, 0.29) is 5.91 Å². The van der Waals surface area contributed by atoms with Crippen LogP contribution in [-0.2, 0) is 18.3 Å². The number of anilines is 1. The summed E-state index contributed by atoms with van der Waals surface area (Å²) in [5.41, 5.74) is 3.57. The second-order valence-corrected chi connectivity index (χ2v) is 6.68. The summed E-state index contributed by atoms with van der Waals surface area (Å²) in [5.74, 6) is 0.0755. The van der Waals surface area contributed by atoms with Crippen molar-refractivity contribution in [3.63, 3.8) is 0 Å². The lowest BCUT2D eigenvalue weighted by Crippen LogP contribution is -2.10. The smallest absolute Gasteiger partial charge is 0.225 e. The maximum absolute atomic E-state index is 11.9. The summed E-state index contributed by atoms with van der Waals surface area (Å²) in [4.78, 5) is 11.9. The van der Waals surface area contributed by atoms with Gasteiger partial charge in [0.2, 0.25) is 5.91 Å². The van der Waals surface area contributed by atoms with Crippen LogP contribution >= 0.6 is 11.5 Å². The molecule has 0 fully saturated rings. The number of hydrogen-bond donors (Lipinski definition) is 1. The number of benzene rings is 1. The molecule has 5 heteroatoms. The van der Waals surface area contributed by atoms with Gasteiger partial charge in [-0.15, -0.1) is 0 Å². The van der Waals surface area contributed by atoms with Crippen molar-refractivity contribution < 1.29 is 4.79 Å². The Bertz CT molecular complexity index is 819. The van der Waals surface area contributed by atoms with Gasteiger partial charge in [-0.05, 0) is 55.4 Å². The molecule has 0 radical (unpaired) electrons. The van der Waals surface area contributed by atoms with E-state index in [1.807, 2.05) is 13.0 Å². The van der Waals surface area contributed by atoms with Gasteiger partial charge in [0.05, 0.1) is 5.69 Å². The molecule has 1 N–H and O–H groups in total. The molecule has 1 amide bonds. The van der Waals surface area contributed by atoms with Crippen LogP contribution in [0.1, 0.15) is 30.5 Å². The third-order valence-electron chi connectivity index (χ3n) is 3.97. The van der Waals surface area contributed by atoms with Crippen LogP contribution in [0.4, 0.5) is 5.00 Å². The largest absolute Gasteiger partial charge is 0.350 e. The van der Waals surface area contributed by atoms with Gasteiger partial charge in [-0.3, -0.25) is 4.79 Å². The number of amides is 1. The molecule has 0 aliphatic rings. The van der Waals surface area contributed by atoms with Crippen LogP contribution in [0, 0.1) is 6.92 Å². The molecule has 4 nitrogen and oxygen atoms in total. The topological polar surface area (TPSA) is 46.9 Å². The SMILES string of the molecule is Cc1cc(NC(=O)CCCCc2cn(C)c3ccccc23)sn1. The number of hydrogen-bond acceptors (Lipinski definition) is 3. The third-order valence-corrected chi connectivity index (χ3v) is 4.77. The van der Waals surface area contributed by atoms with Gasteiger partial charge in [0, 0.05) is 30.6 Å². The molecule has 3 rings (SSSR count). The van der Waals surface area contributed by atoms with Crippen molar-refractivity contribution in [3.8, 4) is 0 Å². The van der Waals surface area contributed by atoms with Crippen LogP contribution < -0.4 is 5.32 Å². The lowest BCUT2D eigenvalue weighted by molar-refractivity contribution is -0.116. The second-order valence-electron chi connectivity index (χ2n) is 5.87. The Kier molecular flexibility index (Phi) is 4.76. The zero-order chi connectivity index (χ0) is 16.2. The molecular formula is C18H21N3OS. The number of rotatable bonds is 6. The summed E-state index contributed by atoms with van der Waals surface area (Å²) in [7, 11) is 2.08. The van der Waals surface area contributed by atoms with E-state index in [2.05, 4.69) is 51.8 Å². The zero-order valence-corrected chi connectivity index (χ0v) is 14.3. The fourth-order valence-electron chi connectivity index (χ4n) is 2.85. The summed E-state index contributed by atoms with van der Waals surface area (Å²) in [5, 5.41) is 5.06. The number of aromatic nitrogens is 2. The van der Waals surface area contributed by atoms with E-state index in [1.54, 1.807) is 0 Å². The number of carbonyl (C=O) groups is 1. The van der Waals surface area contributed by atoms with Gasteiger partial charge in [0.1, 0.15) is 5.00 Å². The van der Waals surface area contributed by atoms with Crippen LogP contribution in [0.2, 0.25) is 0 Å². The molecular weight excluding hydrogens is 306 g/mol. The molecule has 3 aromatic rings. The highest BCUT2D eigenvalue weighted by atomic mass is 32.1. The fourth-order valence-corrected chi connectivity index (χ4v) is 3.53. The van der Waals surface area contributed by atoms with Gasteiger partial charge in [-0.25, -0.2) is 0 Å². The lowest BCUT2D eigenvalue weighted by atomic mass is 10.1. The molecule has 23 heavy (non-hydrogen) atoms. The molecule has 2 aromatic heterocycles. The molecule has 2 heterocycles. The van der Waals surface area contributed by atoms with E-state index in [1.165, 1.54) is 28.0 Å². The molecule has 0 atom stereocenters. The highest BCUT2D eigenvalue weighted by molar-refractivity contribution is 7.10. The zero-order valence-electron chi connectivity index (χ0n) is 13.5. The average Bonchev–Trinajstić information content (AvgIpc) is 3.08. The highest BCUT2D eigenvalue weighted by Crippen LogP contribution is 2.22. The first-order chi connectivity index (χ1) is 11.1. The Morgan fingerprint density at radius 2 is 2.13 bits per heavy atom. The average molecular weight is 327 g/mol. The van der Waals surface area contributed by atoms with Crippen LogP contribution in [0.25, 0.3) is 10.9 Å². The summed E-state index contributed by atoms with van der Waals surface area (Å²) in [6.45, 7) is 1.93. The van der Waals surface area contributed by atoms with Crippen molar-refractivity contribution in [2.24, 2.45) is 7.05 Å². The molecule has 0 aliphatic carbocycles. The van der Waals surface area contributed by atoms with E-state index in [0.717, 1.165) is 30.0 Å². The monoisotopic (exact) mass is 327 g/mol. The minimum atomic E-state index is 0.0755. The fraction of sp³-hybridized carbons (Fsp3) is 0.333. The molecule has 0 unspecified atom stereocenters. The standard InChI is InChI=1S/C18H21N3OS/c1-13-11-18(23-20-13)19-17(22)10-6-3-7-14-12-21(2)16-9-5-4-8-15(14)16/h4-5,8-9,11-12H,3,6-7,10H2,1-2H3,(H,19,22). The second kappa shape index (κ2) is 6.96. The maximum atomic E-state index is 11.9. The lowest BCUT2D eigenvalue weighted by Gasteiger charge is -2.02. The van der Waals surface area contributed by atoms with Crippen molar-refractivity contribution in [2.75, 3.05) is 5.32 Å². The van der Waals surface area contributed by atoms with Crippen LogP contribution in [-0.4, -0.2) is 14.8 Å². The van der Waals surface area contributed by atoms with Crippen molar-refractivity contribution in [2.45, 2.75) is 32.6 Å². The van der Waals surface area contributed by atoms with Crippen LogP contribution in [0.5, 0.6) is 0 Å². The van der Waals surface area contributed by atoms with E-state index in [0.29, 0.717) is 6.42 Å². The predicted octanol–water partition coefficient (Wildman–Crippen LogP) is 4.29. The Hall–Kier alpha value is -2.14. The van der Waals surface area contributed by atoms with Crippen molar-refractivity contribution >= 4 is 33.3 Å². The van der Waals surface area contributed by atoms with Gasteiger partial charge in [0.15, 0.2) is 0 Å². The summed E-state index contributed by atoms with van der Waals surface area (Å²) >= 11 is 1.33. The Labute approximate surface area is 140 Å². The van der Waals surface area contributed by atoms with E-state index in [9.17, 15) is 4.79 Å². The highest BCUT2D eigenvalue weighted by Gasteiger charge is 2.07. The van der Waals surface area contributed by atoms with Crippen molar-refractivity contribution in [1.29, 1.82) is 0 Å². The number of aryl methyl sites for hydroxylation is 3. The molecule has 1 aromatic carbocycles. The van der Waals surface area contributed by atoms with Crippen molar-refractivity contribution in [3.05, 3.63) is 47.8 Å². The normalized spacial score (nSPS) is 11.0. The molecule has 0 bridgehead atoms. The number of fused-ring (bicyclic) bond motifs is 1. The first-order valence-electron chi connectivity index (χ1n) is 7.89.